The highest BCUT2D eigenvalue weighted by molar-refractivity contribution is 5.27. The third kappa shape index (κ3) is 13.4. The van der Waals surface area contributed by atoms with Gasteiger partial charge in [-0.15, -0.1) is 0 Å². The molecule has 3 rings (SSSR count). The summed E-state index contributed by atoms with van der Waals surface area (Å²) in [5.74, 6) is 0. The fourth-order valence-electron chi connectivity index (χ4n) is 5.00. The van der Waals surface area contributed by atoms with Crippen LogP contribution in [-0.4, -0.2) is 115 Å². The molecule has 0 radical (unpaired) electrons. The molecule has 2 fully saturated rings. The zero-order valence-electron chi connectivity index (χ0n) is 22.8. The number of rotatable bonds is 4. The summed E-state index contributed by atoms with van der Waals surface area (Å²) in [6.45, 7) is 19.6. The van der Waals surface area contributed by atoms with Crippen molar-refractivity contribution in [1.29, 1.82) is 0 Å². The first-order chi connectivity index (χ1) is 17.9. The molecule has 8 heteroatoms. The Kier molecular flexibility index (Phi) is 16.3. The van der Waals surface area contributed by atoms with E-state index in [-0.39, 0.29) is 0 Å². The molecule has 8 nitrogen and oxygen atoms in total. The average molecular weight is 503 g/mol. The fraction of sp³-hybridized carbons (Fsp3) is 0.786. The van der Waals surface area contributed by atoms with Gasteiger partial charge in [0.1, 0.15) is 0 Å². The van der Waals surface area contributed by atoms with Crippen LogP contribution in [0.2, 0.25) is 0 Å². The predicted octanol–water partition coefficient (Wildman–Crippen LogP) is 0.416. The first-order valence-corrected chi connectivity index (χ1v) is 14.7. The van der Waals surface area contributed by atoms with Crippen LogP contribution >= 0.6 is 0 Å². The van der Waals surface area contributed by atoms with Gasteiger partial charge in [0, 0.05) is 65.4 Å². The molecule has 0 saturated carbocycles. The highest BCUT2D eigenvalue weighted by Gasteiger charge is 2.13. The molecule has 0 amide bonds. The Hall–Kier alpha value is -1.10. The van der Waals surface area contributed by atoms with Gasteiger partial charge in [0.05, 0.1) is 0 Å². The Morgan fingerprint density at radius 1 is 0.417 bits per heavy atom. The third-order valence-electron chi connectivity index (χ3n) is 7.14. The molecule has 0 bridgehead atoms. The van der Waals surface area contributed by atoms with Gasteiger partial charge < -0.3 is 31.9 Å². The van der Waals surface area contributed by atoms with E-state index in [1.807, 2.05) is 0 Å². The minimum atomic E-state index is 1.04. The van der Waals surface area contributed by atoms with E-state index in [9.17, 15) is 0 Å². The summed E-state index contributed by atoms with van der Waals surface area (Å²) in [4.78, 5) is 5.31. The zero-order valence-corrected chi connectivity index (χ0v) is 22.8. The van der Waals surface area contributed by atoms with Gasteiger partial charge in [-0.05, 0) is 89.2 Å². The van der Waals surface area contributed by atoms with E-state index in [2.05, 4.69) is 66.0 Å². The van der Waals surface area contributed by atoms with E-state index in [0.717, 1.165) is 118 Å². The largest absolute Gasteiger partial charge is 0.315 e. The van der Waals surface area contributed by atoms with Gasteiger partial charge in [0.15, 0.2) is 0 Å². The zero-order chi connectivity index (χ0) is 24.9. The Morgan fingerprint density at radius 2 is 0.778 bits per heavy atom. The van der Waals surface area contributed by atoms with Crippen LogP contribution in [0, 0.1) is 0 Å². The maximum Gasteiger partial charge on any atom is 0.0237 e. The molecule has 0 atom stereocenters. The van der Waals surface area contributed by atoms with E-state index in [1.54, 1.807) is 0 Å². The standard InChI is InChI=1S/C28H54N8/c1-2-8-28(26-36-22-6-14-32-18-16-30-10-4-12-34-20-24-36)27(7-1)25-35-21-5-13-31-17-15-29-9-3-11-33-19-23-35/h1-2,7-8,29-34H,3-6,9-26H2. The van der Waals surface area contributed by atoms with Gasteiger partial charge in [-0.1, -0.05) is 24.3 Å². The maximum absolute atomic E-state index is 3.65. The lowest BCUT2D eigenvalue weighted by Gasteiger charge is -2.27. The summed E-state index contributed by atoms with van der Waals surface area (Å²) in [6, 6.07) is 9.15. The van der Waals surface area contributed by atoms with E-state index in [4.69, 9.17) is 0 Å². The Labute approximate surface area is 220 Å². The van der Waals surface area contributed by atoms with Crippen LogP contribution in [0.1, 0.15) is 36.8 Å². The van der Waals surface area contributed by atoms with E-state index >= 15 is 0 Å². The van der Waals surface area contributed by atoms with Crippen LogP contribution in [0.5, 0.6) is 0 Å². The topological polar surface area (TPSA) is 78.7 Å². The van der Waals surface area contributed by atoms with Crippen molar-refractivity contribution in [2.24, 2.45) is 0 Å². The van der Waals surface area contributed by atoms with Crippen molar-refractivity contribution < 1.29 is 0 Å². The van der Waals surface area contributed by atoms with Gasteiger partial charge in [-0.25, -0.2) is 0 Å². The Balaban J connectivity index is 1.55. The number of benzene rings is 1. The van der Waals surface area contributed by atoms with Crippen LogP contribution in [-0.2, 0) is 13.1 Å². The number of nitrogens with one attached hydrogen (secondary N) is 6. The molecule has 2 aliphatic heterocycles. The molecule has 2 aliphatic rings. The lowest BCUT2D eigenvalue weighted by Crippen LogP contribution is -2.37. The second-order valence-corrected chi connectivity index (χ2v) is 10.2. The van der Waals surface area contributed by atoms with Gasteiger partial charge in [-0.2, -0.15) is 0 Å². The maximum atomic E-state index is 3.65. The average Bonchev–Trinajstić information content (AvgIpc) is 2.89. The van der Waals surface area contributed by atoms with E-state index < -0.39 is 0 Å². The molecule has 206 valence electrons. The smallest absolute Gasteiger partial charge is 0.0237 e. The van der Waals surface area contributed by atoms with Crippen molar-refractivity contribution >= 4 is 0 Å². The van der Waals surface area contributed by atoms with E-state index in [1.165, 1.54) is 36.8 Å². The molecule has 0 aromatic heterocycles. The summed E-state index contributed by atoms with van der Waals surface area (Å²) < 4.78 is 0. The molecular formula is C28H54N8. The second-order valence-electron chi connectivity index (χ2n) is 10.2. The minimum Gasteiger partial charge on any atom is -0.315 e. The summed E-state index contributed by atoms with van der Waals surface area (Å²) >= 11 is 0. The van der Waals surface area contributed by atoms with Gasteiger partial charge in [0.2, 0.25) is 0 Å². The highest BCUT2D eigenvalue weighted by Crippen LogP contribution is 2.15. The van der Waals surface area contributed by atoms with Crippen LogP contribution in [0.15, 0.2) is 24.3 Å². The van der Waals surface area contributed by atoms with Crippen molar-refractivity contribution in [2.75, 3.05) is 105 Å². The summed E-state index contributed by atoms with van der Waals surface area (Å²) in [5.41, 5.74) is 2.99. The predicted molar refractivity (Wildman–Crippen MR) is 153 cm³/mol. The van der Waals surface area contributed by atoms with Crippen LogP contribution in [0.3, 0.4) is 0 Å². The Morgan fingerprint density at radius 3 is 1.19 bits per heavy atom. The molecular weight excluding hydrogens is 448 g/mol. The SMILES string of the molecule is c1ccc(CN2CCCNCCNCCCNCC2)c(CN2CCCNCCNCCCNCC2)c1. The van der Waals surface area contributed by atoms with Crippen molar-refractivity contribution in [3.8, 4) is 0 Å². The van der Waals surface area contributed by atoms with Crippen LogP contribution in [0.4, 0.5) is 0 Å². The van der Waals surface area contributed by atoms with Crippen molar-refractivity contribution in [3.63, 3.8) is 0 Å². The molecule has 0 spiro atoms. The normalized spacial score (nSPS) is 22.9. The first-order valence-electron chi connectivity index (χ1n) is 14.7. The fourth-order valence-corrected chi connectivity index (χ4v) is 5.00. The van der Waals surface area contributed by atoms with Gasteiger partial charge in [0.25, 0.3) is 0 Å². The minimum absolute atomic E-state index is 1.04. The molecule has 6 N–H and O–H groups in total. The summed E-state index contributed by atoms with van der Waals surface area (Å²) in [6.07, 6.45) is 4.78. The van der Waals surface area contributed by atoms with Crippen molar-refractivity contribution in [2.45, 2.75) is 38.8 Å². The molecule has 2 saturated heterocycles. The molecule has 2 heterocycles. The van der Waals surface area contributed by atoms with Crippen molar-refractivity contribution in [3.05, 3.63) is 35.4 Å². The second kappa shape index (κ2) is 19.9. The van der Waals surface area contributed by atoms with Crippen LogP contribution < -0.4 is 31.9 Å². The molecule has 1 aromatic rings. The monoisotopic (exact) mass is 502 g/mol. The summed E-state index contributed by atoms with van der Waals surface area (Å²) in [7, 11) is 0. The number of nitrogens with zero attached hydrogens (tertiary/aromatic N) is 2. The molecule has 0 aliphatic carbocycles. The lowest BCUT2D eigenvalue weighted by molar-refractivity contribution is 0.247. The molecule has 36 heavy (non-hydrogen) atoms. The number of hydrogen-bond acceptors (Lipinski definition) is 8. The first kappa shape index (κ1) is 29.5. The van der Waals surface area contributed by atoms with E-state index in [0.29, 0.717) is 0 Å². The molecule has 0 unspecified atom stereocenters. The van der Waals surface area contributed by atoms with Gasteiger partial charge in [-0.3, -0.25) is 9.80 Å². The lowest BCUT2D eigenvalue weighted by atomic mass is 10.1. The van der Waals surface area contributed by atoms with Crippen LogP contribution in [0.25, 0.3) is 0 Å². The quantitative estimate of drug-likeness (QED) is 0.354. The van der Waals surface area contributed by atoms with Gasteiger partial charge >= 0.3 is 0 Å². The molecule has 1 aromatic carbocycles. The Bertz CT molecular complexity index is 575. The number of hydrogen-bond donors (Lipinski definition) is 6. The highest BCUT2D eigenvalue weighted by atomic mass is 15.2. The summed E-state index contributed by atoms with van der Waals surface area (Å²) in [5, 5.41) is 21.5. The third-order valence-corrected chi connectivity index (χ3v) is 7.14. The van der Waals surface area contributed by atoms with Crippen molar-refractivity contribution in [1.82, 2.24) is 41.7 Å².